The van der Waals surface area contributed by atoms with Crippen molar-refractivity contribution in [2.45, 2.75) is 0 Å². The molecule has 0 unspecified atom stereocenters. The highest BCUT2D eigenvalue weighted by atomic mass is 35.5. The average Bonchev–Trinajstić information content (AvgIpc) is 2.32. The third-order valence-corrected chi connectivity index (χ3v) is 2.60. The molecule has 0 aliphatic heterocycles. The number of carboxylic acids is 1. The summed E-state index contributed by atoms with van der Waals surface area (Å²) in [7, 11) is 0. The number of hydrogen-bond acceptors (Lipinski definition) is 2. The zero-order chi connectivity index (χ0) is 12.4. The molecule has 1 N–H and O–H groups in total. The van der Waals surface area contributed by atoms with Crippen LogP contribution >= 0.6 is 11.6 Å². The lowest BCUT2D eigenvalue weighted by atomic mass is 10.0. The van der Waals surface area contributed by atoms with Gasteiger partial charge in [0.2, 0.25) is 0 Å². The largest absolute Gasteiger partial charge is 0.872 e. The first-order valence-corrected chi connectivity index (χ1v) is 5.26. The summed E-state index contributed by atoms with van der Waals surface area (Å²) in [6, 6.07) is 10.6. The third kappa shape index (κ3) is 2.40. The lowest BCUT2D eigenvalue weighted by molar-refractivity contribution is -0.267. The Balaban J connectivity index is 2.56. The minimum atomic E-state index is -1.03. The molecule has 2 aromatic carbocycles. The Hall–Kier alpha value is -2.00. The van der Waals surface area contributed by atoms with E-state index < -0.39 is 5.97 Å². The Bertz CT molecular complexity index is 579. The van der Waals surface area contributed by atoms with Gasteiger partial charge in [-0.1, -0.05) is 29.8 Å². The van der Waals surface area contributed by atoms with Crippen LogP contribution in [0.1, 0.15) is 10.4 Å². The van der Waals surface area contributed by atoms with Gasteiger partial charge in [0.05, 0.1) is 5.56 Å². The SMILES string of the molecule is O=C(O)c1cccc(-c2cc(Cl)ccc2[O-])c1. The number of carbonyl (C=O) groups is 1. The molecular weight excluding hydrogens is 240 g/mol. The van der Waals surface area contributed by atoms with Crippen molar-refractivity contribution in [1.82, 2.24) is 0 Å². The van der Waals surface area contributed by atoms with Crippen molar-refractivity contribution in [2.75, 3.05) is 0 Å². The second-order valence-corrected chi connectivity index (χ2v) is 3.96. The minimum absolute atomic E-state index is 0.141. The molecule has 0 radical (unpaired) electrons. The third-order valence-electron chi connectivity index (χ3n) is 2.36. The van der Waals surface area contributed by atoms with Crippen molar-refractivity contribution in [2.24, 2.45) is 0 Å². The number of halogens is 1. The Labute approximate surface area is 103 Å². The highest BCUT2D eigenvalue weighted by molar-refractivity contribution is 6.31. The summed E-state index contributed by atoms with van der Waals surface area (Å²) in [5, 5.41) is 21.0. The highest BCUT2D eigenvalue weighted by Gasteiger charge is 2.05. The van der Waals surface area contributed by atoms with E-state index in [0.29, 0.717) is 16.1 Å². The maximum atomic E-state index is 11.6. The summed E-state index contributed by atoms with van der Waals surface area (Å²) in [4.78, 5) is 10.8. The molecule has 2 rings (SSSR count). The average molecular weight is 248 g/mol. The van der Waals surface area contributed by atoms with Gasteiger partial charge in [-0.2, -0.15) is 0 Å². The standard InChI is InChI=1S/C13H9ClO3/c14-10-4-5-12(15)11(7-10)8-2-1-3-9(6-8)13(16)17/h1-7,15H,(H,16,17)/p-1. The Kier molecular flexibility index (Phi) is 3.02. The first kappa shape index (κ1) is 11.5. The van der Waals surface area contributed by atoms with Crippen LogP contribution in [-0.4, -0.2) is 11.1 Å². The van der Waals surface area contributed by atoms with Gasteiger partial charge in [-0.3, -0.25) is 0 Å². The van der Waals surface area contributed by atoms with E-state index in [-0.39, 0.29) is 11.3 Å². The summed E-state index contributed by atoms with van der Waals surface area (Å²) in [6.07, 6.45) is 0. The van der Waals surface area contributed by atoms with Crippen LogP contribution in [0.15, 0.2) is 42.5 Å². The normalized spacial score (nSPS) is 10.2. The Morgan fingerprint density at radius 2 is 1.94 bits per heavy atom. The molecule has 2 aromatic rings. The molecule has 0 aliphatic rings. The fourth-order valence-electron chi connectivity index (χ4n) is 1.55. The molecule has 86 valence electrons. The molecule has 0 saturated heterocycles. The fourth-order valence-corrected chi connectivity index (χ4v) is 1.72. The molecule has 0 fully saturated rings. The van der Waals surface area contributed by atoms with E-state index in [1.165, 1.54) is 30.3 Å². The second-order valence-electron chi connectivity index (χ2n) is 3.53. The van der Waals surface area contributed by atoms with E-state index in [9.17, 15) is 9.90 Å². The van der Waals surface area contributed by atoms with Gasteiger partial charge in [-0.15, -0.1) is 5.75 Å². The van der Waals surface area contributed by atoms with Gasteiger partial charge < -0.3 is 10.2 Å². The monoisotopic (exact) mass is 247 g/mol. The van der Waals surface area contributed by atoms with Crippen LogP contribution in [0, 0.1) is 0 Å². The molecule has 0 aromatic heterocycles. The highest BCUT2D eigenvalue weighted by Crippen LogP contribution is 2.30. The predicted molar refractivity (Wildman–Crippen MR) is 63.3 cm³/mol. The molecule has 0 heterocycles. The lowest BCUT2D eigenvalue weighted by Gasteiger charge is -2.14. The predicted octanol–water partition coefficient (Wildman–Crippen LogP) is 2.78. The summed E-state index contributed by atoms with van der Waals surface area (Å²) in [5.41, 5.74) is 1.10. The molecule has 17 heavy (non-hydrogen) atoms. The van der Waals surface area contributed by atoms with E-state index >= 15 is 0 Å². The van der Waals surface area contributed by atoms with Gasteiger partial charge in [-0.25, -0.2) is 4.79 Å². The number of rotatable bonds is 2. The molecule has 0 spiro atoms. The van der Waals surface area contributed by atoms with E-state index in [0.717, 1.165) is 0 Å². The summed E-state index contributed by atoms with van der Waals surface area (Å²) >= 11 is 5.81. The quantitative estimate of drug-likeness (QED) is 0.888. The maximum absolute atomic E-state index is 11.6. The van der Waals surface area contributed by atoms with Crippen molar-refractivity contribution in [3.8, 4) is 16.9 Å². The lowest BCUT2D eigenvalue weighted by Crippen LogP contribution is -1.97. The van der Waals surface area contributed by atoms with Gasteiger partial charge >= 0.3 is 5.97 Å². The summed E-state index contributed by atoms with van der Waals surface area (Å²) in [5.74, 6) is -1.21. The number of benzene rings is 2. The zero-order valence-corrected chi connectivity index (χ0v) is 9.44. The smallest absolute Gasteiger partial charge is 0.335 e. The van der Waals surface area contributed by atoms with Crippen molar-refractivity contribution in [3.05, 3.63) is 53.1 Å². The van der Waals surface area contributed by atoms with E-state index in [1.807, 2.05) is 0 Å². The van der Waals surface area contributed by atoms with Crippen molar-refractivity contribution >= 4 is 17.6 Å². The van der Waals surface area contributed by atoms with Gasteiger partial charge in [0, 0.05) is 5.02 Å². The Morgan fingerprint density at radius 3 is 2.65 bits per heavy atom. The topological polar surface area (TPSA) is 60.4 Å². The molecule has 0 amide bonds. The van der Waals surface area contributed by atoms with Crippen LogP contribution in [-0.2, 0) is 0 Å². The zero-order valence-electron chi connectivity index (χ0n) is 8.68. The molecule has 4 heteroatoms. The van der Waals surface area contributed by atoms with Crippen molar-refractivity contribution in [1.29, 1.82) is 0 Å². The van der Waals surface area contributed by atoms with E-state index in [2.05, 4.69) is 0 Å². The molecule has 0 bridgehead atoms. The first-order chi connectivity index (χ1) is 8.08. The van der Waals surface area contributed by atoms with Crippen LogP contribution in [0.25, 0.3) is 11.1 Å². The summed E-state index contributed by atoms with van der Waals surface area (Å²) in [6.45, 7) is 0. The number of carboxylic acid groups (broad SMARTS) is 1. The van der Waals surface area contributed by atoms with Crippen molar-refractivity contribution < 1.29 is 15.0 Å². The maximum Gasteiger partial charge on any atom is 0.335 e. The Morgan fingerprint density at radius 1 is 1.18 bits per heavy atom. The molecular formula is C13H8ClO3-. The van der Waals surface area contributed by atoms with Crippen LogP contribution < -0.4 is 5.11 Å². The van der Waals surface area contributed by atoms with Gasteiger partial charge in [0.1, 0.15) is 0 Å². The molecule has 0 saturated carbocycles. The number of hydrogen-bond donors (Lipinski definition) is 1. The minimum Gasteiger partial charge on any atom is -0.872 e. The van der Waals surface area contributed by atoms with Crippen LogP contribution in [0.5, 0.6) is 5.75 Å². The molecule has 0 aliphatic carbocycles. The van der Waals surface area contributed by atoms with Gasteiger partial charge in [-0.05, 0) is 35.4 Å². The van der Waals surface area contributed by atoms with E-state index in [1.54, 1.807) is 12.1 Å². The van der Waals surface area contributed by atoms with Crippen LogP contribution in [0.4, 0.5) is 0 Å². The van der Waals surface area contributed by atoms with Crippen LogP contribution in [0.2, 0.25) is 5.02 Å². The van der Waals surface area contributed by atoms with Crippen molar-refractivity contribution in [3.63, 3.8) is 0 Å². The molecule has 3 nitrogen and oxygen atoms in total. The fraction of sp³-hybridized carbons (Fsp3) is 0. The van der Waals surface area contributed by atoms with E-state index in [4.69, 9.17) is 16.7 Å². The molecule has 0 atom stereocenters. The summed E-state index contributed by atoms with van der Waals surface area (Å²) < 4.78 is 0. The second kappa shape index (κ2) is 4.47. The van der Waals surface area contributed by atoms with Gasteiger partial charge in [0.15, 0.2) is 0 Å². The van der Waals surface area contributed by atoms with Gasteiger partial charge in [0.25, 0.3) is 0 Å². The van der Waals surface area contributed by atoms with Crippen LogP contribution in [0.3, 0.4) is 0 Å². The number of aromatic carboxylic acids is 1. The first-order valence-electron chi connectivity index (χ1n) is 4.88.